The molecule has 0 radical (unpaired) electrons. The number of anilines is 1. The predicted molar refractivity (Wildman–Crippen MR) is 93.7 cm³/mol. The highest BCUT2D eigenvalue weighted by molar-refractivity contribution is 6.69. The van der Waals surface area contributed by atoms with E-state index in [-0.39, 0.29) is 18.2 Å². The predicted octanol–water partition coefficient (Wildman–Crippen LogP) is 4.42. The summed E-state index contributed by atoms with van der Waals surface area (Å²) in [6.45, 7) is 19.8. The number of cyclic esters (lactones) is 1. The molecule has 1 aromatic carbocycles. The van der Waals surface area contributed by atoms with Crippen LogP contribution in [0.1, 0.15) is 18.1 Å². The number of ether oxygens (including phenoxy) is 1. The van der Waals surface area contributed by atoms with Crippen molar-refractivity contribution in [2.24, 2.45) is 0 Å². The van der Waals surface area contributed by atoms with Crippen molar-refractivity contribution in [2.45, 2.75) is 52.6 Å². The maximum Gasteiger partial charge on any atom is 0.414 e. The fourth-order valence-corrected chi connectivity index (χ4v) is 4.14. The van der Waals surface area contributed by atoms with Gasteiger partial charge in [-0.25, -0.2) is 9.64 Å². The van der Waals surface area contributed by atoms with Crippen LogP contribution in [0, 0.1) is 20.4 Å². The van der Waals surface area contributed by atoms with Crippen LogP contribution in [-0.4, -0.2) is 33.2 Å². The molecule has 6 heteroatoms. The number of benzene rings is 1. The lowest BCUT2D eigenvalue weighted by Crippen LogP contribution is -2.46. The van der Waals surface area contributed by atoms with E-state index in [0.29, 0.717) is 12.3 Å². The monoisotopic (exact) mass is 332 g/mol. The molecule has 1 unspecified atom stereocenters. The highest BCUT2D eigenvalue weighted by atomic mass is 28.4. The average molecular weight is 332 g/mol. The van der Waals surface area contributed by atoms with Crippen LogP contribution in [-0.2, 0) is 9.16 Å². The van der Waals surface area contributed by atoms with Crippen molar-refractivity contribution in [1.82, 2.24) is 0 Å². The van der Waals surface area contributed by atoms with Gasteiger partial charge in [-0.15, -0.1) is 0 Å². The first-order chi connectivity index (χ1) is 10.7. The zero-order chi connectivity index (χ0) is 17.4. The summed E-state index contributed by atoms with van der Waals surface area (Å²) in [4.78, 5) is 17.5. The van der Waals surface area contributed by atoms with Gasteiger partial charge in [-0.05, 0) is 57.6 Å². The number of rotatable bonds is 4. The Morgan fingerprint density at radius 2 is 2.00 bits per heavy atom. The summed E-state index contributed by atoms with van der Waals surface area (Å²) in [6.07, 6.45) is -0.451. The second-order valence-corrected chi connectivity index (χ2v) is 11.4. The van der Waals surface area contributed by atoms with Crippen LogP contribution >= 0.6 is 0 Å². The van der Waals surface area contributed by atoms with Gasteiger partial charge in [0.15, 0.2) is 14.0 Å². The van der Waals surface area contributed by atoms with Gasteiger partial charge >= 0.3 is 6.09 Å². The number of carbonyl (C=O) groups excluding carboxylic acids is 1. The molecule has 124 valence electrons. The van der Waals surface area contributed by atoms with Crippen LogP contribution < -0.4 is 4.90 Å². The van der Waals surface area contributed by atoms with E-state index in [9.17, 15) is 4.79 Å². The number of carbonyl (C=O) groups is 1. The third-order valence-electron chi connectivity index (χ3n) is 4.10. The number of amides is 1. The van der Waals surface area contributed by atoms with E-state index < -0.39 is 8.32 Å². The lowest BCUT2D eigenvalue weighted by Gasteiger charge is -2.32. The summed E-state index contributed by atoms with van der Waals surface area (Å²) in [7, 11) is -1.71. The quantitative estimate of drug-likeness (QED) is 0.605. The molecule has 1 aliphatic heterocycles. The molecule has 2 rings (SSSR count). The molecule has 2 atom stereocenters. The zero-order valence-electron chi connectivity index (χ0n) is 14.6. The molecule has 0 aromatic heterocycles. The van der Waals surface area contributed by atoms with Gasteiger partial charge in [0, 0.05) is 5.69 Å². The molecule has 1 aromatic rings. The number of nitrogens with zero attached hydrogens (tertiary/aromatic N) is 2. The van der Waals surface area contributed by atoms with Gasteiger partial charge in [0.05, 0.1) is 18.7 Å². The van der Waals surface area contributed by atoms with Crippen molar-refractivity contribution in [3.05, 3.63) is 34.7 Å². The number of hydrogen-bond acceptors (Lipinski definition) is 3. The standard InChI is InChI=1S/C17H24N2O3Si/c1-11-12(2)15(9-8-14(11)18-4)19-16(10-21-17(19)20)13(3)22-23(5,6)7/h8-9,13,16H,10H2,1-3,5-7H3/t13?,16-/m1/s1. The summed E-state index contributed by atoms with van der Waals surface area (Å²) in [5.74, 6) is 0. The minimum Gasteiger partial charge on any atom is -0.447 e. The molecule has 0 aliphatic carbocycles. The van der Waals surface area contributed by atoms with E-state index >= 15 is 0 Å². The Balaban J connectivity index is 2.38. The zero-order valence-corrected chi connectivity index (χ0v) is 15.6. The fourth-order valence-electron chi connectivity index (χ4n) is 2.87. The Bertz CT molecular complexity index is 661. The van der Waals surface area contributed by atoms with Gasteiger partial charge in [-0.3, -0.25) is 4.90 Å². The average Bonchev–Trinajstić information content (AvgIpc) is 2.82. The highest BCUT2D eigenvalue weighted by Gasteiger charge is 2.40. The summed E-state index contributed by atoms with van der Waals surface area (Å²) in [5, 5.41) is 0. The normalized spacial score (nSPS) is 19.4. The highest BCUT2D eigenvalue weighted by Crippen LogP contribution is 2.34. The summed E-state index contributed by atoms with van der Waals surface area (Å²) in [6, 6.07) is 3.44. The van der Waals surface area contributed by atoms with Crippen LogP contribution in [0.3, 0.4) is 0 Å². The van der Waals surface area contributed by atoms with Crippen LogP contribution in [0.15, 0.2) is 12.1 Å². The van der Waals surface area contributed by atoms with Crippen LogP contribution in [0.25, 0.3) is 4.85 Å². The Morgan fingerprint density at radius 1 is 1.35 bits per heavy atom. The van der Waals surface area contributed by atoms with Crippen molar-refractivity contribution in [3.63, 3.8) is 0 Å². The smallest absolute Gasteiger partial charge is 0.414 e. The maximum absolute atomic E-state index is 12.3. The van der Waals surface area contributed by atoms with Crippen molar-refractivity contribution < 1.29 is 14.0 Å². The molecule has 0 spiro atoms. The van der Waals surface area contributed by atoms with Gasteiger partial charge in [0.2, 0.25) is 0 Å². The van der Waals surface area contributed by atoms with E-state index in [1.807, 2.05) is 26.8 Å². The van der Waals surface area contributed by atoms with Crippen molar-refractivity contribution >= 4 is 25.8 Å². The lowest BCUT2D eigenvalue weighted by molar-refractivity contribution is 0.153. The Kier molecular flexibility index (Phi) is 4.83. The molecule has 1 amide bonds. The lowest BCUT2D eigenvalue weighted by atomic mass is 10.0. The molecule has 1 saturated heterocycles. The Labute approximate surface area is 139 Å². The molecule has 0 N–H and O–H groups in total. The van der Waals surface area contributed by atoms with Gasteiger partial charge in [-0.2, -0.15) is 0 Å². The largest absolute Gasteiger partial charge is 0.447 e. The fraction of sp³-hybridized carbons (Fsp3) is 0.529. The van der Waals surface area contributed by atoms with Gasteiger partial charge in [0.25, 0.3) is 0 Å². The van der Waals surface area contributed by atoms with Gasteiger partial charge in [-0.1, -0.05) is 6.07 Å². The first-order valence-electron chi connectivity index (χ1n) is 7.77. The summed E-state index contributed by atoms with van der Waals surface area (Å²) in [5.41, 5.74) is 3.24. The molecular weight excluding hydrogens is 308 g/mol. The van der Waals surface area contributed by atoms with Crippen LogP contribution in [0.4, 0.5) is 16.2 Å². The summed E-state index contributed by atoms with van der Waals surface area (Å²) < 4.78 is 11.4. The van der Waals surface area contributed by atoms with Gasteiger partial charge < -0.3 is 9.16 Å². The second kappa shape index (κ2) is 6.34. The SMILES string of the molecule is [C-]#[N+]c1ccc(N2C(=O)OC[C@@H]2C(C)O[Si](C)(C)C)c(C)c1C. The third kappa shape index (κ3) is 3.57. The first-order valence-corrected chi connectivity index (χ1v) is 11.2. The van der Waals surface area contributed by atoms with E-state index in [4.69, 9.17) is 15.7 Å². The third-order valence-corrected chi connectivity index (χ3v) is 5.18. The minimum atomic E-state index is -1.71. The molecule has 0 saturated carbocycles. The van der Waals surface area contributed by atoms with E-state index in [0.717, 1.165) is 16.8 Å². The van der Waals surface area contributed by atoms with Crippen molar-refractivity contribution in [2.75, 3.05) is 11.5 Å². The first kappa shape index (κ1) is 17.5. The maximum atomic E-state index is 12.3. The van der Waals surface area contributed by atoms with Crippen molar-refractivity contribution in [1.29, 1.82) is 0 Å². The van der Waals surface area contributed by atoms with E-state index in [2.05, 4.69) is 24.5 Å². The molecule has 0 bridgehead atoms. The summed E-state index contributed by atoms with van der Waals surface area (Å²) >= 11 is 0. The van der Waals surface area contributed by atoms with Crippen LogP contribution in [0.5, 0.6) is 0 Å². The molecule has 1 aliphatic rings. The topological polar surface area (TPSA) is 43.1 Å². The molecule has 5 nitrogen and oxygen atoms in total. The molecule has 23 heavy (non-hydrogen) atoms. The molecule has 1 heterocycles. The Hall–Kier alpha value is -1.84. The molecule has 1 fully saturated rings. The van der Waals surface area contributed by atoms with E-state index in [1.54, 1.807) is 11.0 Å². The second-order valence-electron chi connectivity index (χ2n) is 6.92. The van der Waals surface area contributed by atoms with Crippen LogP contribution in [0.2, 0.25) is 19.6 Å². The van der Waals surface area contributed by atoms with Gasteiger partial charge in [0.1, 0.15) is 6.61 Å². The van der Waals surface area contributed by atoms with E-state index in [1.165, 1.54) is 0 Å². The van der Waals surface area contributed by atoms with Crippen molar-refractivity contribution in [3.8, 4) is 0 Å². The molecular formula is C17H24N2O3Si. The number of hydrogen-bond donors (Lipinski definition) is 0. The Morgan fingerprint density at radius 3 is 2.57 bits per heavy atom. The minimum absolute atomic E-state index is 0.103.